The Bertz CT molecular complexity index is 622. The molecule has 0 fully saturated rings. The van der Waals surface area contributed by atoms with E-state index in [1.807, 2.05) is 0 Å². The zero-order valence-electron chi connectivity index (χ0n) is 13.3. The molecule has 1 amide bonds. The van der Waals surface area contributed by atoms with Gasteiger partial charge in [0.05, 0.1) is 18.6 Å². The summed E-state index contributed by atoms with van der Waals surface area (Å²) in [6.07, 6.45) is 2.39. The summed E-state index contributed by atoms with van der Waals surface area (Å²) in [6.45, 7) is 4.15. The van der Waals surface area contributed by atoms with Gasteiger partial charge in [-0.2, -0.15) is 0 Å². The minimum atomic E-state index is -1.02. The van der Waals surface area contributed by atoms with Gasteiger partial charge < -0.3 is 15.2 Å². The third-order valence-corrected chi connectivity index (χ3v) is 5.01. The van der Waals surface area contributed by atoms with Crippen molar-refractivity contribution in [3.8, 4) is 0 Å². The van der Waals surface area contributed by atoms with E-state index in [4.69, 9.17) is 9.84 Å². The summed E-state index contributed by atoms with van der Waals surface area (Å²) in [7, 11) is 0. The molecular formula is C16H21NO5S. The van der Waals surface area contributed by atoms with Crippen LogP contribution in [0.4, 0.5) is 5.00 Å². The topological polar surface area (TPSA) is 92.7 Å². The standard InChI is InChI=1S/C16H21NO5S/c1-3-22-16(21)14-10-8-9(2)4-5-11(10)23-15(14)17-12(18)6-7-13(19)20/h9H,3-8H2,1-2H3,(H,17,18)(H,19,20)/t9-/m1/s1. The lowest BCUT2D eigenvalue weighted by atomic mass is 9.88. The Morgan fingerprint density at radius 2 is 2.09 bits per heavy atom. The largest absolute Gasteiger partial charge is 0.481 e. The molecule has 0 aromatic carbocycles. The van der Waals surface area contributed by atoms with Crippen LogP contribution < -0.4 is 5.32 Å². The van der Waals surface area contributed by atoms with Crippen LogP contribution in [0.1, 0.15) is 53.9 Å². The van der Waals surface area contributed by atoms with E-state index < -0.39 is 17.8 Å². The van der Waals surface area contributed by atoms with Gasteiger partial charge in [0.25, 0.3) is 0 Å². The van der Waals surface area contributed by atoms with Crippen molar-refractivity contribution in [1.82, 2.24) is 0 Å². The number of ether oxygens (including phenoxy) is 1. The number of nitrogens with one attached hydrogen (secondary N) is 1. The van der Waals surface area contributed by atoms with Gasteiger partial charge >= 0.3 is 11.9 Å². The fraction of sp³-hybridized carbons (Fsp3) is 0.562. The summed E-state index contributed by atoms with van der Waals surface area (Å²) < 4.78 is 5.13. The van der Waals surface area contributed by atoms with Crippen molar-refractivity contribution in [2.75, 3.05) is 11.9 Å². The number of hydrogen-bond acceptors (Lipinski definition) is 5. The van der Waals surface area contributed by atoms with Crippen LogP contribution in [-0.4, -0.2) is 29.6 Å². The monoisotopic (exact) mass is 339 g/mol. The molecule has 0 radical (unpaired) electrons. The molecule has 2 N–H and O–H groups in total. The van der Waals surface area contributed by atoms with Gasteiger partial charge in [0.1, 0.15) is 5.00 Å². The maximum absolute atomic E-state index is 12.3. The van der Waals surface area contributed by atoms with Crippen molar-refractivity contribution >= 4 is 34.2 Å². The fourth-order valence-electron chi connectivity index (χ4n) is 2.67. The summed E-state index contributed by atoms with van der Waals surface area (Å²) in [5.74, 6) is -1.36. The quantitative estimate of drug-likeness (QED) is 0.778. The van der Waals surface area contributed by atoms with Gasteiger partial charge in [0.15, 0.2) is 0 Å². The van der Waals surface area contributed by atoms with Crippen LogP contribution in [0.5, 0.6) is 0 Å². The highest BCUT2D eigenvalue weighted by atomic mass is 32.1. The molecule has 1 aromatic rings. The summed E-state index contributed by atoms with van der Waals surface area (Å²) >= 11 is 1.40. The van der Waals surface area contributed by atoms with Gasteiger partial charge in [-0.25, -0.2) is 4.79 Å². The zero-order valence-corrected chi connectivity index (χ0v) is 14.1. The molecule has 1 aliphatic carbocycles. The van der Waals surface area contributed by atoms with Gasteiger partial charge in [-0.1, -0.05) is 6.92 Å². The maximum Gasteiger partial charge on any atom is 0.341 e. The highest BCUT2D eigenvalue weighted by Crippen LogP contribution is 2.40. The fourth-order valence-corrected chi connectivity index (χ4v) is 3.92. The number of carbonyl (C=O) groups excluding carboxylic acids is 2. The van der Waals surface area contributed by atoms with E-state index >= 15 is 0 Å². The molecule has 1 atom stereocenters. The van der Waals surface area contributed by atoms with Crippen LogP contribution in [0.15, 0.2) is 0 Å². The van der Waals surface area contributed by atoms with E-state index in [0.29, 0.717) is 16.5 Å². The number of fused-ring (bicyclic) bond motifs is 1. The molecule has 1 heterocycles. The highest BCUT2D eigenvalue weighted by Gasteiger charge is 2.29. The van der Waals surface area contributed by atoms with Crippen LogP contribution >= 0.6 is 11.3 Å². The second kappa shape index (κ2) is 7.59. The second-order valence-electron chi connectivity index (χ2n) is 5.72. The molecule has 2 rings (SSSR count). The Morgan fingerprint density at radius 1 is 1.35 bits per heavy atom. The minimum absolute atomic E-state index is 0.115. The number of carboxylic acids is 1. The molecule has 0 spiro atoms. The first-order valence-corrected chi connectivity index (χ1v) is 8.57. The van der Waals surface area contributed by atoms with Crippen molar-refractivity contribution in [3.05, 3.63) is 16.0 Å². The number of esters is 1. The summed E-state index contributed by atoms with van der Waals surface area (Å²) in [5, 5.41) is 11.8. The average molecular weight is 339 g/mol. The zero-order chi connectivity index (χ0) is 17.0. The number of hydrogen-bond donors (Lipinski definition) is 2. The smallest absolute Gasteiger partial charge is 0.341 e. The number of thiophene rings is 1. The number of carboxylic acid groups (broad SMARTS) is 1. The molecule has 7 heteroatoms. The van der Waals surface area contributed by atoms with E-state index in [-0.39, 0.29) is 19.4 Å². The SMILES string of the molecule is CCOC(=O)c1c(NC(=O)CCC(=O)O)sc2c1C[C@H](C)CC2. The third kappa shape index (κ3) is 4.31. The number of aryl methyl sites for hydroxylation is 1. The molecule has 0 saturated carbocycles. The molecule has 0 aliphatic heterocycles. The molecule has 1 aliphatic rings. The van der Waals surface area contributed by atoms with Gasteiger partial charge in [0.2, 0.25) is 5.91 Å². The van der Waals surface area contributed by atoms with Crippen LogP contribution in [0.2, 0.25) is 0 Å². The Kier molecular flexibility index (Phi) is 5.76. The molecule has 126 valence electrons. The molecule has 0 unspecified atom stereocenters. The maximum atomic E-state index is 12.3. The van der Waals surface area contributed by atoms with Crippen molar-refractivity contribution in [2.45, 2.75) is 46.0 Å². The van der Waals surface area contributed by atoms with Gasteiger partial charge in [-0.05, 0) is 37.7 Å². The van der Waals surface area contributed by atoms with Crippen LogP contribution in [0.25, 0.3) is 0 Å². The Hall–Kier alpha value is -1.89. The Morgan fingerprint density at radius 3 is 2.74 bits per heavy atom. The predicted octanol–water partition coefficient (Wildman–Crippen LogP) is 2.85. The summed E-state index contributed by atoms with van der Waals surface area (Å²) in [5.41, 5.74) is 1.42. The lowest BCUT2D eigenvalue weighted by Crippen LogP contribution is -2.17. The summed E-state index contributed by atoms with van der Waals surface area (Å²) in [4.78, 5) is 35.9. The molecule has 23 heavy (non-hydrogen) atoms. The summed E-state index contributed by atoms with van der Waals surface area (Å²) in [6, 6.07) is 0. The first kappa shape index (κ1) is 17.5. The molecule has 6 nitrogen and oxygen atoms in total. The number of amides is 1. The lowest BCUT2D eigenvalue weighted by molar-refractivity contribution is -0.138. The second-order valence-corrected chi connectivity index (χ2v) is 6.82. The number of rotatable bonds is 6. The van der Waals surface area contributed by atoms with Gasteiger partial charge in [0, 0.05) is 11.3 Å². The number of aliphatic carboxylic acids is 1. The molecule has 1 aromatic heterocycles. The molecule has 0 saturated heterocycles. The predicted molar refractivity (Wildman–Crippen MR) is 87.0 cm³/mol. The molecular weight excluding hydrogens is 318 g/mol. The lowest BCUT2D eigenvalue weighted by Gasteiger charge is -2.18. The Balaban J connectivity index is 2.25. The van der Waals surface area contributed by atoms with Crippen LogP contribution in [0.3, 0.4) is 0 Å². The number of anilines is 1. The first-order valence-electron chi connectivity index (χ1n) is 7.75. The van der Waals surface area contributed by atoms with E-state index in [2.05, 4.69) is 12.2 Å². The van der Waals surface area contributed by atoms with Crippen molar-refractivity contribution in [1.29, 1.82) is 0 Å². The van der Waals surface area contributed by atoms with Crippen LogP contribution in [0, 0.1) is 5.92 Å². The molecule has 0 bridgehead atoms. The average Bonchev–Trinajstić information content (AvgIpc) is 2.82. The Labute approximate surface area is 138 Å². The van der Waals surface area contributed by atoms with Crippen molar-refractivity contribution in [3.63, 3.8) is 0 Å². The van der Waals surface area contributed by atoms with Gasteiger partial charge in [-0.3, -0.25) is 9.59 Å². The third-order valence-electron chi connectivity index (χ3n) is 3.81. The van der Waals surface area contributed by atoms with Crippen LogP contribution in [-0.2, 0) is 27.2 Å². The van der Waals surface area contributed by atoms with E-state index in [1.165, 1.54) is 11.3 Å². The normalized spacial score (nSPS) is 16.5. The first-order chi connectivity index (χ1) is 10.9. The van der Waals surface area contributed by atoms with E-state index in [9.17, 15) is 14.4 Å². The highest BCUT2D eigenvalue weighted by molar-refractivity contribution is 7.17. The van der Waals surface area contributed by atoms with Crippen molar-refractivity contribution in [2.24, 2.45) is 5.92 Å². The number of carbonyl (C=O) groups is 3. The van der Waals surface area contributed by atoms with E-state index in [1.54, 1.807) is 6.92 Å². The van der Waals surface area contributed by atoms with Gasteiger partial charge in [-0.15, -0.1) is 11.3 Å². The minimum Gasteiger partial charge on any atom is -0.481 e. The van der Waals surface area contributed by atoms with Crippen molar-refractivity contribution < 1.29 is 24.2 Å². The van der Waals surface area contributed by atoms with E-state index in [0.717, 1.165) is 29.7 Å².